The van der Waals surface area contributed by atoms with Crippen molar-refractivity contribution in [2.75, 3.05) is 42.7 Å². The summed E-state index contributed by atoms with van der Waals surface area (Å²) in [4.78, 5) is 11.7. The molecule has 6 nitrogen and oxygen atoms in total. The summed E-state index contributed by atoms with van der Waals surface area (Å²) in [5.74, 6) is 1.21. The van der Waals surface area contributed by atoms with Gasteiger partial charge in [0.15, 0.2) is 0 Å². The van der Waals surface area contributed by atoms with E-state index in [1.54, 1.807) is 0 Å². The molecule has 2 aromatic rings. The number of hydrogen-bond acceptors (Lipinski definition) is 7. The van der Waals surface area contributed by atoms with E-state index in [0.717, 1.165) is 61.6 Å². The van der Waals surface area contributed by atoms with E-state index in [-0.39, 0.29) is 0 Å². The van der Waals surface area contributed by atoms with Gasteiger partial charge in [-0.3, -0.25) is 4.31 Å². The van der Waals surface area contributed by atoms with Crippen LogP contribution in [0.5, 0.6) is 0 Å². The number of rotatable bonds is 5. The van der Waals surface area contributed by atoms with Crippen LogP contribution < -0.4 is 10.2 Å². The van der Waals surface area contributed by atoms with Gasteiger partial charge < -0.3 is 10.2 Å². The van der Waals surface area contributed by atoms with Crippen molar-refractivity contribution in [1.29, 1.82) is 5.26 Å². The second-order valence-corrected chi connectivity index (χ2v) is 7.95. The van der Waals surface area contributed by atoms with E-state index in [9.17, 15) is 0 Å². The Morgan fingerprint density at radius 1 is 1.31 bits per heavy atom. The van der Waals surface area contributed by atoms with Crippen LogP contribution in [0.4, 0.5) is 11.6 Å². The zero-order chi connectivity index (χ0) is 17.9. The van der Waals surface area contributed by atoms with Crippen molar-refractivity contribution in [2.24, 2.45) is 5.92 Å². The van der Waals surface area contributed by atoms with Gasteiger partial charge in [-0.25, -0.2) is 9.97 Å². The van der Waals surface area contributed by atoms with Crippen LogP contribution >= 0.6 is 11.9 Å². The lowest BCUT2D eigenvalue weighted by Gasteiger charge is -2.40. The molecule has 0 bridgehead atoms. The number of benzene rings is 1. The Labute approximate surface area is 158 Å². The Bertz CT molecular complexity index is 805. The van der Waals surface area contributed by atoms with Gasteiger partial charge in [-0.05, 0) is 25.2 Å². The van der Waals surface area contributed by atoms with Gasteiger partial charge in [0.1, 0.15) is 0 Å². The van der Waals surface area contributed by atoms with Crippen molar-refractivity contribution < 1.29 is 0 Å². The zero-order valence-corrected chi connectivity index (χ0v) is 15.9. The van der Waals surface area contributed by atoms with E-state index in [1.165, 1.54) is 0 Å². The van der Waals surface area contributed by atoms with Crippen molar-refractivity contribution in [3.63, 3.8) is 0 Å². The molecule has 7 heteroatoms. The first-order chi connectivity index (χ1) is 12.8. The third kappa shape index (κ3) is 3.57. The molecular formula is C19H24N6S. The summed E-state index contributed by atoms with van der Waals surface area (Å²) >= 11 is 1.82. The largest absolute Gasteiger partial charge is 0.369 e. The third-order valence-corrected chi connectivity index (χ3v) is 6.19. The lowest BCUT2D eigenvalue weighted by molar-refractivity contribution is 0.358. The Morgan fingerprint density at radius 3 is 2.85 bits per heavy atom. The van der Waals surface area contributed by atoms with Gasteiger partial charge in [0, 0.05) is 56.1 Å². The van der Waals surface area contributed by atoms with Crippen LogP contribution in [0.15, 0.2) is 24.4 Å². The van der Waals surface area contributed by atoms with Crippen molar-refractivity contribution >= 4 is 34.5 Å². The molecule has 4 rings (SSSR count). The minimum absolute atomic E-state index is 0.437. The minimum Gasteiger partial charge on any atom is -0.369 e. The van der Waals surface area contributed by atoms with E-state index in [1.807, 2.05) is 18.1 Å². The van der Waals surface area contributed by atoms with Gasteiger partial charge in [-0.1, -0.05) is 24.1 Å². The highest BCUT2D eigenvalue weighted by atomic mass is 32.2. The van der Waals surface area contributed by atoms with Gasteiger partial charge in [0.2, 0.25) is 5.95 Å². The fourth-order valence-corrected chi connectivity index (χ4v) is 4.33. The summed E-state index contributed by atoms with van der Waals surface area (Å²) in [7, 11) is 0. The summed E-state index contributed by atoms with van der Waals surface area (Å²) in [6.07, 6.45) is 6.92. The van der Waals surface area contributed by atoms with Crippen LogP contribution in [0.25, 0.3) is 10.9 Å². The highest BCUT2D eigenvalue weighted by molar-refractivity contribution is 7.96. The molecule has 0 atom stereocenters. The summed E-state index contributed by atoms with van der Waals surface area (Å²) in [6.45, 7) is 4.08. The molecule has 0 unspecified atom stereocenters. The lowest BCUT2D eigenvalue weighted by atomic mass is 9.96. The molecule has 2 aliphatic heterocycles. The molecule has 3 heterocycles. The number of nitriles is 1. The maximum Gasteiger partial charge on any atom is 0.223 e. The van der Waals surface area contributed by atoms with Crippen molar-refractivity contribution in [3.05, 3.63) is 24.4 Å². The van der Waals surface area contributed by atoms with Crippen LogP contribution in [0.1, 0.15) is 19.3 Å². The second-order valence-electron chi connectivity index (χ2n) is 7.07. The van der Waals surface area contributed by atoms with Crippen LogP contribution in [0.3, 0.4) is 0 Å². The standard InChI is InChI=1S/C19H24N6S/c1-26-25-9-6-16(7-10-25)22-19-21-11-15-3-2-4-17(18(15)23-19)24-12-14(13-24)5-8-20/h2-4,11,14,16H,5-7,9-10,12-13H2,1H3,(H,21,22,23). The number of nitrogens with one attached hydrogen (secondary N) is 1. The molecule has 0 spiro atoms. The smallest absolute Gasteiger partial charge is 0.223 e. The van der Waals surface area contributed by atoms with E-state index >= 15 is 0 Å². The van der Waals surface area contributed by atoms with E-state index in [0.29, 0.717) is 18.4 Å². The maximum atomic E-state index is 8.85. The van der Waals surface area contributed by atoms with Crippen LogP contribution in [0.2, 0.25) is 0 Å². The van der Waals surface area contributed by atoms with Crippen molar-refractivity contribution in [3.8, 4) is 6.07 Å². The molecule has 0 saturated carbocycles. The van der Waals surface area contributed by atoms with Gasteiger partial charge in [-0.15, -0.1) is 0 Å². The zero-order valence-electron chi connectivity index (χ0n) is 15.1. The molecule has 1 aromatic heterocycles. The van der Waals surface area contributed by atoms with Crippen LogP contribution in [0, 0.1) is 17.2 Å². The third-order valence-electron chi connectivity index (χ3n) is 5.31. The van der Waals surface area contributed by atoms with Gasteiger partial charge in [-0.2, -0.15) is 5.26 Å². The molecule has 1 aromatic carbocycles. The summed E-state index contributed by atoms with van der Waals surface area (Å²) < 4.78 is 2.40. The number of nitrogens with zero attached hydrogens (tertiary/aromatic N) is 5. The first kappa shape index (κ1) is 17.4. The van der Waals surface area contributed by atoms with Gasteiger partial charge in [0.05, 0.1) is 17.3 Å². The maximum absolute atomic E-state index is 8.85. The Hall–Kier alpha value is -2.04. The Kier molecular flexibility index (Phi) is 5.14. The lowest BCUT2D eigenvalue weighted by Crippen LogP contribution is -2.46. The minimum atomic E-state index is 0.437. The number of para-hydroxylation sites is 1. The molecular weight excluding hydrogens is 344 g/mol. The monoisotopic (exact) mass is 368 g/mol. The number of aromatic nitrogens is 2. The predicted molar refractivity (Wildman–Crippen MR) is 107 cm³/mol. The number of anilines is 2. The molecule has 0 aliphatic carbocycles. The number of fused-ring (bicyclic) bond motifs is 1. The van der Waals surface area contributed by atoms with E-state index in [4.69, 9.17) is 10.2 Å². The summed E-state index contributed by atoms with van der Waals surface area (Å²) in [5, 5.41) is 13.4. The van der Waals surface area contributed by atoms with Crippen molar-refractivity contribution in [2.45, 2.75) is 25.3 Å². The number of piperidine rings is 1. The molecule has 26 heavy (non-hydrogen) atoms. The topological polar surface area (TPSA) is 68.1 Å². The molecule has 2 aliphatic rings. The fraction of sp³-hybridized carbons (Fsp3) is 0.526. The summed E-state index contributed by atoms with van der Waals surface area (Å²) in [5.41, 5.74) is 2.15. The quantitative estimate of drug-likeness (QED) is 0.813. The highest BCUT2D eigenvalue weighted by Crippen LogP contribution is 2.32. The molecule has 0 radical (unpaired) electrons. The summed E-state index contributed by atoms with van der Waals surface area (Å²) in [6, 6.07) is 8.96. The molecule has 0 amide bonds. The average molecular weight is 369 g/mol. The Morgan fingerprint density at radius 2 is 2.12 bits per heavy atom. The molecule has 1 N–H and O–H groups in total. The normalized spacial score (nSPS) is 19.3. The molecule has 2 fully saturated rings. The number of hydrogen-bond donors (Lipinski definition) is 1. The SMILES string of the molecule is CSN1CCC(Nc2ncc3cccc(N4CC(CC#N)C4)c3n2)CC1. The second kappa shape index (κ2) is 7.68. The highest BCUT2D eigenvalue weighted by Gasteiger charge is 2.28. The average Bonchev–Trinajstić information content (AvgIpc) is 2.65. The first-order valence-corrected chi connectivity index (χ1v) is 10.4. The fourth-order valence-electron chi connectivity index (χ4n) is 3.75. The molecule has 136 valence electrons. The predicted octanol–water partition coefficient (Wildman–Crippen LogP) is 3.13. The van der Waals surface area contributed by atoms with Gasteiger partial charge in [0.25, 0.3) is 0 Å². The van der Waals surface area contributed by atoms with Crippen LogP contribution in [-0.2, 0) is 0 Å². The Balaban J connectivity index is 1.49. The van der Waals surface area contributed by atoms with Crippen LogP contribution in [-0.4, -0.2) is 52.7 Å². The molecule has 2 saturated heterocycles. The first-order valence-electron chi connectivity index (χ1n) is 9.20. The van der Waals surface area contributed by atoms with E-state index < -0.39 is 0 Å². The van der Waals surface area contributed by atoms with Gasteiger partial charge >= 0.3 is 0 Å². The van der Waals surface area contributed by atoms with E-state index in [2.05, 4.69) is 50.0 Å². The van der Waals surface area contributed by atoms with Crippen molar-refractivity contribution in [1.82, 2.24) is 14.3 Å².